The minimum atomic E-state index is -4.27. The average molecular weight is 330 g/mol. The van der Waals surface area contributed by atoms with Gasteiger partial charge in [0.05, 0.1) is 5.56 Å². The van der Waals surface area contributed by atoms with Crippen molar-refractivity contribution in [1.82, 2.24) is 9.80 Å². The lowest BCUT2D eigenvalue weighted by Crippen LogP contribution is -2.45. The number of hydrogen-bond acceptors (Lipinski definition) is 2. The molecule has 1 aromatic carbocycles. The van der Waals surface area contributed by atoms with Crippen molar-refractivity contribution in [3.8, 4) is 0 Å². The summed E-state index contributed by atoms with van der Waals surface area (Å²) in [6.07, 6.45) is -3.65. The molecule has 5 heteroatoms. The first-order valence-corrected chi connectivity index (χ1v) is 8.57. The number of nitrogens with zero attached hydrogens (tertiary/aromatic N) is 2. The molecule has 0 aromatic heterocycles. The van der Waals surface area contributed by atoms with Gasteiger partial charge in [-0.1, -0.05) is 39.8 Å². The molecule has 2 rings (SSSR count). The van der Waals surface area contributed by atoms with Crippen molar-refractivity contribution in [2.24, 2.45) is 0 Å². The summed E-state index contributed by atoms with van der Waals surface area (Å²) in [6, 6.07) is 4.76. The summed E-state index contributed by atoms with van der Waals surface area (Å²) in [5.41, 5.74) is 0.659. The normalized spacial score (nSPS) is 16.8. The van der Waals surface area contributed by atoms with Gasteiger partial charge in [0.1, 0.15) is 0 Å². The third-order valence-corrected chi connectivity index (χ3v) is 4.19. The van der Waals surface area contributed by atoms with Crippen LogP contribution < -0.4 is 0 Å². The molecule has 132 valence electrons. The molecule has 1 aromatic rings. The van der Waals surface area contributed by atoms with Crippen LogP contribution in [-0.2, 0) is 19.1 Å². The van der Waals surface area contributed by atoms with Crippen LogP contribution in [0.5, 0.6) is 0 Å². The fourth-order valence-corrected chi connectivity index (χ4v) is 2.75. The van der Waals surface area contributed by atoms with Gasteiger partial charge in [-0.15, -0.1) is 0 Å². The lowest BCUT2D eigenvalue weighted by molar-refractivity contribution is -0.138. The van der Waals surface area contributed by atoms with E-state index in [1.165, 1.54) is 6.07 Å². The quantitative estimate of drug-likeness (QED) is 0.806. The number of piperazine rings is 1. The lowest BCUT2D eigenvalue weighted by Gasteiger charge is -2.34. The lowest BCUT2D eigenvalue weighted by atomic mass is 10.0. The van der Waals surface area contributed by atoms with Crippen LogP contribution in [0.2, 0.25) is 0 Å². The van der Waals surface area contributed by atoms with Gasteiger partial charge in [0, 0.05) is 32.7 Å². The van der Waals surface area contributed by atoms with E-state index in [4.69, 9.17) is 0 Å². The zero-order valence-electron chi connectivity index (χ0n) is 14.7. The zero-order chi connectivity index (χ0) is 17.5. The molecular formula is C18H29F3N2. The van der Waals surface area contributed by atoms with Crippen molar-refractivity contribution in [2.75, 3.05) is 32.7 Å². The molecule has 1 aliphatic heterocycles. The smallest absolute Gasteiger partial charge is 0.301 e. The van der Waals surface area contributed by atoms with Gasteiger partial charge in [-0.25, -0.2) is 0 Å². The van der Waals surface area contributed by atoms with Crippen LogP contribution in [0.4, 0.5) is 13.2 Å². The first kappa shape index (κ1) is 20.0. The van der Waals surface area contributed by atoms with Crippen LogP contribution in [0.25, 0.3) is 0 Å². The fourth-order valence-electron chi connectivity index (χ4n) is 2.75. The van der Waals surface area contributed by atoms with E-state index < -0.39 is 11.7 Å². The van der Waals surface area contributed by atoms with E-state index in [0.29, 0.717) is 18.5 Å². The molecule has 2 nitrogen and oxygen atoms in total. The number of aryl methyl sites for hydroxylation is 1. The standard InChI is InChI=1S/C16H23F3N2.C2H6/c1-3-13-5-6-14(15(11-13)16(17,18)19)12-21-9-7-20(4-2)8-10-21;1-2/h5-6,11H,3-4,7-10,12H2,1-2H3;1-2H3. The summed E-state index contributed by atoms with van der Waals surface area (Å²) in [4.78, 5) is 4.43. The van der Waals surface area contributed by atoms with E-state index in [9.17, 15) is 13.2 Å². The Balaban J connectivity index is 0.00000127. The summed E-state index contributed by atoms with van der Waals surface area (Å²) < 4.78 is 39.6. The molecule has 0 bridgehead atoms. The molecule has 1 aliphatic rings. The molecule has 0 saturated carbocycles. The molecule has 1 heterocycles. The summed E-state index contributed by atoms with van der Waals surface area (Å²) >= 11 is 0. The maximum Gasteiger partial charge on any atom is 0.416 e. The Hall–Kier alpha value is -1.07. The van der Waals surface area contributed by atoms with E-state index in [2.05, 4.69) is 16.7 Å². The van der Waals surface area contributed by atoms with Crippen molar-refractivity contribution >= 4 is 0 Å². The van der Waals surface area contributed by atoms with Gasteiger partial charge in [-0.3, -0.25) is 4.90 Å². The van der Waals surface area contributed by atoms with Crippen LogP contribution in [0.3, 0.4) is 0 Å². The number of rotatable bonds is 4. The Bertz CT molecular complexity index is 464. The van der Waals surface area contributed by atoms with Gasteiger partial charge in [-0.05, 0) is 30.2 Å². The third-order valence-electron chi connectivity index (χ3n) is 4.19. The zero-order valence-corrected chi connectivity index (χ0v) is 14.7. The Kier molecular flexibility index (Phi) is 8.06. The van der Waals surface area contributed by atoms with E-state index in [1.54, 1.807) is 6.07 Å². The number of alkyl halides is 3. The molecule has 23 heavy (non-hydrogen) atoms. The molecule has 0 N–H and O–H groups in total. The Morgan fingerprint density at radius 1 is 0.957 bits per heavy atom. The number of hydrogen-bond donors (Lipinski definition) is 0. The van der Waals surface area contributed by atoms with E-state index in [-0.39, 0.29) is 0 Å². The molecule has 0 atom stereocenters. The Morgan fingerprint density at radius 2 is 1.52 bits per heavy atom. The summed E-state index contributed by atoms with van der Waals surface area (Å²) in [7, 11) is 0. The molecular weight excluding hydrogens is 301 g/mol. The number of halogens is 3. The molecule has 0 radical (unpaired) electrons. The fraction of sp³-hybridized carbons (Fsp3) is 0.667. The van der Waals surface area contributed by atoms with Gasteiger partial charge in [-0.2, -0.15) is 13.2 Å². The molecule has 0 spiro atoms. The largest absolute Gasteiger partial charge is 0.416 e. The maximum absolute atomic E-state index is 13.2. The van der Waals surface area contributed by atoms with Gasteiger partial charge >= 0.3 is 6.18 Å². The second-order valence-corrected chi connectivity index (χ2v) is 5.55. The predicted octanol–water partition coefficient (Wildman–Crippen LogP) is 4.43. The van der Waals surface area contributed by atoms with Crippen LogP contribution >= 0.6 is 0 Å². The Labute approximate surface area is 138 Å². The Morgan fingerprint density at radius 3 is 2.00 bits per heavy atom. The highest BCUT2D eigenvalue weighted by atomic mass is 19.4. The molecule has 0 unspecified atom stereocenters. The first-order chi connectivity index (χ1) is 10.9. The second kappa shape index (κ2) is 9.28. The minimum Gasteiger partial charge on any atom is -0.301 e. The predicted molar refractivity (Wildman–Crippen MR) is 89.6 cm³/mol. The summed E-state index contributed by atoms with van der Waals surface area (Å²) in [6.45, 7) is 12.9. The van der Waals surface area contributed by atoms with Crippen molar-refractivity contribution in [3.05, 3.63) is 34.9 Å². The minimum absolute atomic E-state index is 0.385. The third kappa shape index (κ3) is 5.81. The van der Waals surface area contributed by atoms with Crippen molar-refractivity contribution in [2.45, 2.75) is 46.8 Å². The van der Waals surface area contributed by atoms with Crippen molar-refractivity contribution < 1.29 is 13.2 Å². The molecule has 1 fully saturated rings. The maximum atomic E-state index is 13.2. The molecule has 0 aliphatic carbocycles. The van der Waals surface area contributed by atoms with E-state index in [0.717, 1.165) is 38.3 Å². The van der Waals surface area contributed by atoms with Crippen LogP contribution in [0.15, 0.2) is 18.2 Å². The molecule has 0 amide bonds. The summed E-state index contributed by atoms with van der Waals surface area (Å²) in [5.74, 6) is 0. The highest BCUT2D eigenvalue weighted by Gasteiger charge is 2.34. The first-order valence-electron chi connectivity index (χ1n) is 8.57. The van der Waals surface area contributed by atoms with E-state index in [1.807, 2.05) is 26.8 Å². The topological polar surface area (TPSA) is 6.48 Å². The van der Waals surface area contributed by atoms with Crippen LogP contribution in [0.1, 0.15) is 44.4 Å². The molecule has 1 saturated heterocycles. The van der Waals surface area contributed by atoms with Gasteiger partial charge in [0.15, 0.2) is 0 Å². The van der Waals surface area contributed by atoms with Crippen LogP contribution in [-0.4, -0.2) is 42.5 Å². The van der Waals surface area contributed by atoms with Gasteiger partial charge < -0.3 is 4.90 Å². The van der Waals surface area contributed by atoms with Gasteiger partial charge in [0.25, 0.3) is 0 Å². The van der Waals surface area contributed by atoms with Crippen LogP contribution in [0, 0.1) is 0 Å². The second-order valence-electron chi connectivity index (χ2n) is 5.55. The average Bonchev–Trinajstić information content (AvgIpc) is 2.57. The highest BCUT2D eigenvalue weighted by Crippen LogP contribution is 2.33. The monoisotopic (exact) mass is 330 g/mol. The number of benzene rings is 1. The highest BCUT2D eigenvalue weighted by molar-refractivity contribution is 5.34. The van der Waals surface area contributed by atoms with Crippen molar-refractivity contribution in [3.63, 3.8) is 0 Å². The number of likely N-dealkylation sites (N-methyl/N-ethyl adjacent to an activating group) is 1. The SMILES string of the molecule is CC.CCc1ccc(CN2CCN(CC)CC2)c(C(F)(F)F)c1. The van der Waals surface area contributed by atoms with E-state index >= 15 is 0 Å². The summed E-state index contributed by atoms with van der Waals surface area (Å²) in [5, 5.41) is 0. The van der Waals surface area contributed by atoms with Crippen molar-refractivity contribution in [1.29, 1.82) is 0 Å². The van der Waals surface area contributed by atoms with Gasteiger partial charge in [0.2, 0.25) is 0 Å².